The molecule has 2 rings (SSSR count). The molecular weight excluding hydrogens is 302 g/mol. The summed E-state index contributed by atoms with van der Waals surface area (Å²) in [4.78, 5) is 27.5. The van der Waals surface area contributed by atoms with Crippen molar-refractivity contribution in [2.45, 2.75) is 12.2 Å². The highest BCUT2D eigenvalue weighted by Crippen LogP contribution is 2.24. The Labute approximate surface area is 132 Å². The first-order valence-electron chi connectivity index (χ1n) is 6.75. The summed E-state index contributed by atoms with van der Waals surface area (Å²) in [6, 6.07) is 14.1. The third-order valence-corrected chi connectivity index (χ3v) is 3.26. The van der Waals surface area contributed by atoms with Gasteiger partial charge in [-0.3, -0.25) is 4.79 Å². The molecule has 0 saturated carbocycles. The average Bonchev–Trinajstić information content (AvgIpc) is 2.59. The number of methoxy groups -OCH3 is 1. The van der Waals surface area contributed by atoms with E-state index in [2.05, 4.69) is 4.84 Å². The molecule has 0 heterocycles. The molecule has 120 valence electrons. The minimum absolute atomic E-state index is 0.200. The number of aliphatic hydroxyl groups is 1. The third-order valence-electron chi connectivity index (χ3n) is 3.26. The van der Waals surface area contributed by atoms with Gasteiger partial charge in [0.2, 0.25) is 0 Å². The number of Topliss-reactive ketones (excluding diaryl/α,β-unsaturated/α-hetero) is 1. The first kappa shape index (κ1) is 16.4. The summed E-state index contributed by atoms with van der Waals surface area (Å²) in [6.45, 7) is 0. The third kappa shape index (κ3) is 4.04. The second-order valence-corrected chi connectivity index (χ2v) is 4.70. The predicted octanol–water partition coefficient (Wildman–Crippen LogP) is 2.19. The standard InChI is InChI=1S/C16H15NO6/c1-22-13-9-7-11(8-10-13)14(18)15(19)16(23-17(20)21)12-5-3-2-4-6-12/h2-10,15-16,19H,1H3/t15-,16-/m1/s1. The molecule has 0 saturated heterocycles. The van der Waals surface area contributed by atoms with Crippen LogP contribution in [0.2, 0.25) is 0 Å². The van der Waals surface area contributed by atoms with Crippen molar-refractivity contribution in [2.24, 2.45) is 0 Å². The highest BCUT2D eigenvalue weighted by molar-refractivity contribution is 5.99. The zero-order valence-corrected chi connectivity index (χ0v) is 12.3. The van der Waals surface area contributed by atoms with E-state index in [1.807, 2.05) is 0 Å². The maximum atomic E-state index is 12.3. The van der Waals surface area contributed by atoms with Crippen molar-refractivity contribution >= 4 is 5.78 Å². The number of nitrogens with zero attached hydrogens (tertiary/aromatic N) is 1. The fourth-order valence-corrected chi connectivity index (χ4v) is 2.10. The Hall–Kier alpha value is -2.93. The Morgan fingerprint density at radius 2 is 1.74 bits per heavy atom. The SMILES string of the molecule is COc1ccc(C(=O)[C@@H](O)[C@H](O[N+](=O)[O-])c2ccccc2)cc1. The van der Waals surface area contributed by atoms with E-state index in [-0.39, 0.29) is 5.56 Å². The van der Waals surface area contributed by atoms with Crippen molar-refractivity contribution in [3.8, 4) is 5.75 Å². The highest BCUT2D eigenvalue weighted by atomic mass is 17.0. The molecule has 0 fully saturated rings. The van der Waals surface area contributed by atoms with E-state index < -0.39 is 23.1 Å². The lowest BCUT2D eigenvalue weighted by molar-refractivity contribution is -0.772. The minimum Gasteiger partial charge on any atom is -0.497 e. The van der Waals surface area contributed by atoms with E-state index in [0.29, 0.717) is 11.3 Å². The van der Waals surface area contributed by atoms with Gasteiger partial charge in [0, 0.05) is 5.56 Å². The minimum atomic E-state index is -1.71. The molecule has 0 aliphatic heterocycles. The zero-order chi connectivity index (χ0) is 16.8. The summed E-state index contributed by atoms with van der Waals surface area (Å²) in [5.74, 6) is -0.124. The number of benzene rings is 2. The van der Waals surface area contributed by atoms with Gasteiger partial charge in [0.15, 0.2) is 11.9 Å². The Morgan fingerprint density at radius 1 is 1.13 bits per heavy atom. The largest absolute Gasteiger partial charge is 0.497 e. The van der Waals surface area contributed by atoms with Gasteiger partial charge in [0.05, 0.1) is 7.11 Å². The van der Waals surface area contributed by atoms with Crippen LogP contribution in [0, 0.1) is 10.1 Å². The van der Waals surface area contributed by atoms with Crippen LogP contribution in [0.25, 0.3) is 0 Å². The van der Waals surface area contributed by atoms with Crippen molar-refractivity contribution in [1.82, 2.24) is 0 Å². The lowest BCUT2D eigenvalue weighted by Crippen LogP contribution is -2.31. The molecule has 0 unspecified atom stereocenters. The molecule has 7 nitrogen and oxygen atoms in total. The van der Waals surface area contributed by atoms with E-state index in [1.165, 1.54) is 19.2 Å². The summed E-state index contributed by atoms with van der Waals surface area (Å²) in [7, 11) is 1.49. The maximum absolute atomic E-state index is 12.3. The molecule has 2 atom stereocenters. The van der Waals surface area contributed by atoms with E-state index in [4.69, 9.17) is 4.74 Å². The van der Waals surface area contributed by atoms with Gasteiger partial charge in [-0.1, -0.05) is 30.3 Å². The summed E-state index contributed by atoms with van der Waals surface area (Å²) < 4.78 is 4.99. The molecular formula is C16H15NO6. The van der Waals surface area contributed by atoms with Crippen LogP contribution in [0.15, 0.2) is 54.6 Å². The topological polar surface area (TPSA) is 98.9 Å². The van der Waals surface area contributed by atoms with Crippen LogP contribution in [0.3, 0.4) is 0 Å². The van der Waals surface area contributed by atoms with E-state index >= 15 is 0 Å². The number of hydrogen-bond donors (Lipinski definition) is 1. The van der Waals surface area contributed by atoms with Crippen LogP contribution in [0.4, 0.5) is 0 Å². The fraction of sp³-hybridized carbons (Fsp3) is 0.188. The van der Waals surface area contributed by atoms with E-state index in [1.54, 1.807) is 42.5 Å². The summed E-state index contributed by atoms with van der Waals surface area (Å²) in [5.41, 5.74) is 0.532. The Morgan fingerprint density at radius 3 is 2.26 bits per heavy atom. The molecule has 0 aromatic heterocycles. The summed E-state index contributed by atoms with van der Waals surface area (Å²) in [5, 5.41) is 19.9. The number of ketones is 1. The van der Waals surface area contributed by atoms with E-state index in [0.717, 1.165) is 0 Å². The average molecular weight is 317 g/mol. The molecule has 2 aromatic rings. The van der Waals surface area contributed by atoms with Crippen LogP contribution in [0.5, 0.6) is 5.75 Å². The number of hydrogen-bond acceptors (Lipinski definition) is 6. The van der Waals surface area contributed by atoms with Gasteiger partial charge in [0.25, 0.3) is 5.09 Å². The number of carbonyl (C=O) groups excluding carboxylic acids is 1. The van der Waals surface area contributed by atoms with Gasteiger partial charge in [-0.05, 0) is 29.8 Å². The van der Waals surface area contributed by atoms with Crippen LogP contribution in [-0.2, 0) is 4.84 Å². The normalized spacial score (nSPS) is 13.0. The van der Waals surface area contributed by atoms with Crippen molar-refractivity contribution in [3.63, 3.8) is 0 Å². The Kier molecular flexibility index (Phi) is 5.27. The molecule has 0 radical (unpaired) electrons. The number of rotatable bonds is 7. The maximum Gasteiger partial charge on any atom is 0.295 e. The first-order valence-corrected chi connectivity index (χ1v) is 6.75. The fourth-order valence-electron chi connectivity index (χ4n) is 2.10. The van der Waals surface area contributed by atoms with Crippen LogP contribution >= 0.6 is 0 Å². The molecule has 0 spiro atoms. The van der Waals surface area contributed by atoms with E-state index in [9.17, 15) is 20.0 Å². The zero-order valence-electron chi connectivity index (χ0n) is 12.3. The van der Waals surface area contributed by atoms with Gasteiger partial charge >= 0.3 is 0 Å². The lowest BCUT2D eigenvalue weighted by Gasteiger charge is -2.20. The van der Waals surface area contributed by atoms with Gasteiger partial charge in [-0.15, -0.1) is 10.1 Å². The Balaban J connectivity index is 2.26. The summed E-state index contributed by atoms with van der Waals surface area (Å²) >= 11 is 0. The van der Waals surface area contributed by atoms with Crippen molar-refractivity contribution in [3.05, 3.63) is 75.8 Å². The number of ether oxygens (including phenoxy) is 1. The molecule has 1 N–H and O–H groups in total. The van der Waals surface area contributed by atoms with Gasteiger partial charge < -0.3 is 14.7 Å². The van der Waals surface area contributed by atoms with Gasteiger partial charge in [-0.2, -0.15) is 0 Å². The van der Waals surface area contributed by atoms with Gasteiger partial charge in [0.1, 0.15) is 11.9 Å². The molecule has 0 aliphatic rings. The smallest absolute Gasteiger partial charge is 0.295 e. The molecule has 0 aliphatic carbocycles. The van der Waals surface area contributed by atoms with Crippen molar-refractivity contribution < 1.29 is 24.6 Å². The molecule has 0 amide bonds. The van der Waals surface area contributed by atoms with Crippen LogP contribution in [-0.4, -0.2) is 29.2 Å². The van der Waals surface area contributed by atoms with Crippen LogP contribution < -0.4 is 4.74 Å². The summed E-state index contributed by atoms with van der Waals surface area (Å²) in [6.07, 6.45) is -3.11. The molecule has 7 heteroatoms. The predicted molar refractivity (Wildman–Crippen MR) is 80.6 cm³/mol. The number of carbonyl (C=O) groups is 1. The second kappa shape index (κ2) is 7.37. The second-order valence-electron chi connectivity index (χ2n) is 4.70. The lowest BCUT2D eigenvalue weighted by atomic mass is 9.97. The first-order chi connectivity index (χ1) is 11.0. The quantitative estimate of drug-likeness (QED) is 0.477. The van der Waals surface area contributed by atoms with Crippen molar-refractivity contribution in [2.75, 3.05) is 7.11 Å². The van der Waals surface area contributed by atoms with Crippen molar-refractivity contribution in [1.29, 1.82) is 0 Å². The molecule has 0 bridgehead atoms. The molecule has 2 aromatic carbocycles. The molecule has 23 heavy (non-hydrogen) atoms. The Bertz CT molecular complexity index is 671. The highest BCUT2D eigenvalue weighted by Gasteiger charge is 2.31. The van der Waals surface area contributed by atoms with Gasteiger partial charge in [-0.25, -0.2) is 0 Å². The van der Waals surface area contributed by atoms with Crippen LogP contribution in [0.1, 0.15) is 22.0 Å². The monoisotopic (exact) mass is 317 g/mol. The number of aliphatic hydroxyl groups excluding tert-OH is 1.